The van der Waals surface area contributed by atoms with Gasteiger partial charge in [0.25, 0.3) is 5.56 Å². The van der Waals surface area contributed by atoms with Gasteiger partial charge in [0, 0.05) is 38.9 Å². The summed E-state index contributed by atoms with van der Waals surface area (Å²) < 4.78 is 14.4. The number of alkyl halides is 1. The van der Waals surface area contributed by atoms with Gasteiger partial charge in [-0.25, -0.2) is 4.39 Å². The number of hydrogen-bond donors (Lipinski definition) is 0. The van der Waals surface area contributed by atoms with Crippen LogP contribution in [0.4, 0.5) is 4.39 Å². The Bertz CT molecular complexity index is 402. The molecule has 0 saturated carbocycles. The first-order valence-electron chi connectivity index (χ1n) is 5.17. The van der Waals surface area contributed by atoms with Crippen molar-refractivity contribution in [2.45, 2.75) is 19.1 Å². The summed E-state index contributed by atoms with van der Waals surface area (Å²) in [4.78, 5) is 13.4. The maximum absolute atomic E-state index is 12.9. The van der Waals surface area contributed by atoms with E-state index in [0.29, 0.717) is 19.5 Å². The van der Waals surface area contributed by atoms with E-state index in [1.54, 1.807) is 19.3 Å². The lowest BCUT2D eigenvalue weighted by atomic mass is 10.2. The van der Waals surface area contributed by atoms with Crippen LogP contribution in [-0.2, 0) is 13.6 Å². The van der Waals surface area contributed by atoms with E-state index in [2.05, 4.69) is 0 Å². The second-order valence-corrected chi connectivity index (χ2v) is 4.11. The molecule has 0 aromatic carbocycles. The molecule has 1 unspecified atom stereocenters. The van der Waals surface area contributed by atoms with E-state index in [-0.39, 0.29) is 5.56 Å². The lowest BCUT2D eigenvalue weighted by Gasteiger charge is -2.14. The van der Waals surface area contributed by atoms with Crippen LogP contribution in [-0.4, -0.2) is 28.7 Å². The fraction of sp³-hybridized carbons (Fsp3) is 0.545. The van der Waals surface area contributed by atoms with Gasteiger partial charge in [-0.15, -0.1) is 0 Å². The van der Waals surface area contributed by atoms with Crippen molar-refractivity contribution < 1.29 is 4.39 Å². The van der Waals surface area contributed by atoms with Gasteiger partial charge < -0.3 is 4.57 Å². The van der Waals surface area contributed by atoms with Gasteiger partial charge in [-0.2, -0.15) is 0 Å². The molecule has 0 spiro atoms. The van der Waals surface area contributed by atoms with Crippen LogP contribution in [0, 0.1) is 0 Å². The van der Waals surface area contributed by atoms with E-state index in [1.165, 1.54) is 4.57 Å². The maximum Gasteiger partial charge on any atom is 0.250 e. The molecular formula is C11H15FN2O. The van der Waals surface area contributed by atoms with E-state index in [4.69, 9.17) is 0 Å². The standard InChI is InChI=1S/C11H15FN2O/c1-13-4-2-9(6-11(13)15)7-14-5-3-10(12)8-14/h2,4,6,10H,3,5,7-8H2,1H3. The van der Waals surface area contributed by atoms with E-state index in [1.807, 2.05) is 11.0 Å². The number of likely N-dealkylation sites (tertiary alicyclic amines) is 1. The lowest BCUT2D eigenvalue weighted by Crippen LogP contribution is -2.22. The number of aromatic nitrogens is 1. The molecule has 2 heterocycles. The minimum absolute atomic E-state index is 0.0107. The summed E-state index contributed by atoms with van der Waals surface area (Å²) in [6.07, 6.45) is 1.67. The van der Waals surface area contributed by atoms with Crippen molar-refractivity contribution in [3.63, 3.8) is 0 Å². The van der Waals surface area contributed by atoms with Gasteiger partial charge >= 0.3 is 0 Å². The van der Waals surface area contributed by atoms with Gasteiger partial charge in [-0.05, 0) is 18.1 Å². The lowest BCUT2D eigenvalue weighted by molar-refractivity contribution is 0.282. The Kier molecular flexibility index (Phi) is 2.86. The fourth-order valence-corrected chi connectivity index (χ4v) is 1.88. The first-order chi connectivity index (χ1) is 7.15. The molecule has 1 atom stereocenters. The highest BCUT2D eigenvalue weighted by Crippen LogP contribution is 2.14. The van der Waals surface area contributed by atoms with Crippen LogP contribution in [0.15, 0.2) is 23.1 Å². The molecule has 1 fully saturated rings. The highest BCUT2D eigenvalue weighted by atomic mass is 19.1. The topological polar surface area (TPSA) is 25.2 Å². The molecule has 0 N–H and O–H groups in total. The first kappa shape index (κ1) is 10.4. The minimum atomic E-state index is -0.698. The van der Waals surface area contributed by atoms with Crippen LogP contribution in [0.1, 0.15) is 12.0 Å². The number of hydrogen-bond acceptors (Lipinski definition) is 2. The molecule has 1 aromatic rings. The van der Waals surface area contributed by atoms with Crippen molar-refractivity contribution in [3.8, 4) is 0 Å². The average Bonchev–Trinajstić information content (AvgIpc) is 2.58. The molecule has 15 heavy (non-hydrogen) atoms. The molecule has 1 aliphatic rings. The predicted molar refractivity (Wildman–Crippen MR) is 56.5 cm³/mol. The van der Waals surface area contributed by atoms with Crippen molar-refractivity contribution in [1.82, 2.24) is 9.47 Å². The third-order valence-corrected chi connectivity index (χ3v) is 2.79. The summed E-state index contributed by atoms with van der Waals surface area (Å²) >= 11 is 0. The van der Waals surface area contributed by atoms with Gasteiger partial charge in [0.05, 0.1) is 0 Å². The zero-order chi connectivity index (χ0) is 10.8. The Hall–Kier alpha value is -1.16. The Balaban J connectivity index is 2.05. The molecule has 2 rings (SSSR count). The molecular weight excluding hydrogens is 195 g/mol. The first-order valence-corrected chi connectivity index (χ1v) is 5.17. The zero-order valence-electron chi connectivity index (χ0n) is 8.82. The van der Waals surface area contributed by atoms with E-state index in [0.717, 1.165) is 12.1 Å². The summed E-state index contributed by atoms with van der Waals surface area (Å²) in [5.74, 6) is 0. The van der Waals surface area contributed by atoms with Crippen LogP contribution in [0.2, 0.25) is 0 Å². The van der Waals surface area contributed by atoms with Gasteiger partial charge in [-0.1, -0.05) is 0 Å². The third kappa shape index (κ3) is 2.45. The number of aryl methyl sites for hydroxylation is 1. The minimum Gasteiger partial charge on any atom is -0.319 e. The monoisotopic (exact) mass is 210 g/mol. The van der Waals surface area contributed by atoms with E-state index >= 15 is 0 Å². The fourth-order valence-electron chi connectivity index (χ4n) is 1.88. The Morgan fingerprint density at radius 3 is 3.00 bits per heavy atom. The van der Waals surface area contributed by atoms with Crippen molar-refractivity contribution in [1.29, 1.82) is 0 Å². The molecule has 1 saturated heterocycles. The van der Waals surface area contributed by atoms with Crippen molar-refractivity contribution >= 4 is 0 Å². The summed E-state index contributed by atoms with van der Waals surface area (Å²) in [7, 11) is 1.72. The molecule has 0 aliphatic carbocycles. The van der Waals surface area contributed by atoms with E-state index < -0.39 is 6.17 Å². The molecule has 3 nitrogen and oxygen atoms in total. The van der Waals surface area contributed by atoms with Gasteiger partial charge in [-0.3, -0.25) is 9.69 Å². The second-order valence-electron chi connectivity index (χ2n) is 4.11. The molecule has 1 aliphatic heterocycles. The quantitative estimate of drug-likeness (QED) is 0.725. The second kappa shape index (κ2) is 4.14. The average molecular weight is 210 g/mol. The Morgan fingerprint density at radius 1 is 1.60 bits per heavy atom. The van der Waals surface area contributed by atoms with Gasteiger partial charge in [0.2, 0.25) is 0 Å². The maximum atomic E-state index is 12.9. The number of nitrogens with zero attached hydrogens (tertiary/aromatic N) is 2. The van der Waals surface area contributed by atoms with Crippen LogP contribution < -0.4 is 5.56 Å². The van der Waals surface area contributed by atoms with Crippen LogP contribution in [0.25, 0.3) is 0 Å². The van der Waals surface area contributed by atoms with Crippen LogP contribution in [0.5, 0.6) is 0 Å². The summed E-state index contributed by atoms with van der Waals surface area (Å²) in [6, 6.07) is 3.53. The number of halogens is 1. The zero-order valence-corrected chi connectivity index (χ0v) is 8.82. The van der Waals surface area contributed by atoms with Crippen LogP contribution >= 0.6 is 0 Å². The summed E-state index contributed by atoms with van der Waals surface area (Å²) in [5, 5.41) is 0. The SMILES string of the molecule is Cn1ccc(CN2CCC(F)C2)cc1=O. The van der Waals surface area contributed by atoms with Crippen molar-refractivity contribution in [3.05, 3.63) is 34.2 Å². The molecule has 0 radical (unpaired) electrons. The Morgan fingerprint density at radius 2 is 2.40 bits per heavy atom. The van der Waals surface area contributed by atoms with E-state index in [9.17, 15) is 9.18 Å². The number of rotatable bonds is 2. The molecule has 82 valence electrons. The molecule has 1 aromatic heterocycles. The normalized spacial score (nSPS) is 22.1. The van der Waals surface area contributed by atoms with Crippen LogP contribution in [0.3, 0.4) is 0 Å². The largest absolute Gasteiger partial charge is 0.319 e. The third-order valence-electron chi connectivity index (χ3n) is 2.79. The molecule has 0 amide bonds. The molecule has 0 bridgehead atoms. The highest BCUT2D eigenvalue weighted by molar-refractivity contribution is 5.11. The van der Waals surface area contributed by atoms with Gasteiger partial charge in [0.15, 0.2) is 0 Å². The summed E-state index contributed by atoms with van der Waals surface area (Å²) in [6.45, 7) is 1.96. The molecule has 4 heteroatoms. The smallest absolute Gasteiger partial charge is 0.250 e. The van der Waals surface area contributed by atoms with Gasteiger partial charge in [0.1, 0.15) is 6.17 Å². The van der Waals surface area contributed by atoms with Crippen molar-refractivity contribution in [2.75, 3.05) is 13.1 Å². The highest BCUT2D eigenvalue weighted by Gasteiger charge is 2.21. The Labute approximate surface area is 88.1 Å². The van der Waals surface area contributed by atoms with Crippen molar-refractivity contribution in [2.24, 2.45) is 7.05 Å². The predicted octanol–water partition coefficient (Wildman–Crippen LogP) is 0.929. The number of pyridine rings is 1. The summed E-state index contributed by atoms with van der Waals surface area (Å²) in [5.41, 5.74) is 0.954.